The summed E-state index contributed by atoms with van der Waals surface area (Å²) < 4.78 is 7.74. The molecule has 3 heterocycles. The Morgan fingerprint density at radius 1 is 1.27 bits per heavy atom. The second-order valence-corrected chi connectivity index (χ2v) is 7.19. The van der Waals surface area contributed by atoms with E-state index in [1.165, 1.54) is 30.7 Å². The predicted octanol–water partition coefficient (Wildman–Crippen LogP) is 1.79. The van der Waals surface area contributed by atoms with Crippen molar-refractivity contribution in [3.8, 4) is 0 Å². The van der Waals surface area contributed by atoms with Crippen molar-refractivity contribution in [1.82, 2.24) is 14.5 Å². The summed E-state index contributed by atoms with van der Waals surface area (Å²) in [5, 5.41) is 0. The number of amides is 1. The number of carbonyl (C=O) groups excluding carboxylic acids is 1. The first-order valence-corrected chi connectivity index (χ1v) is 8.64. The van der Waals surface area contributed by atoms with Crippen LogP contribution >= 0.6 is 0 Å². The molecule has 1 aromatic rings. The zero-order valence-electron chi connectivity index (χ0n) is 13.2. The Morgan fingerprint density at radius 3 is 3.05 bits per heavy atom. The minimum absolute atomic E-state index is 0.238. The van der Waals surface area contributed by atoms with E-state index in [9.17, 15) is 4.79 Å². The van der Waals surface area contributed by atoms with E-state index in [0.29, 0.717) is 6.54 Å². The first-order chi connectivity index (χ1) is 10.8. The van der Waals surface area contributed by atoms with Crippen LogP contribution in [-0.4, -0.2) is 46.7 Å². The van der Waals surface area contributed by atoms with Crippen LogP contribution < -0.4 is 0 Å². The minimum Gasteiger partial charge on any atom is -0.381 e. The van der Waals surface area contributed by atoms with Gasteiger partial charge in [-0.2, -0.15) is 0 Å². The quantitative estimate of drug-likeness (QED) is 0.837. The highest BCUT2D eigenvalue weighted by molar-refractivity contribution is 5.76. The fraction of sp³-hybridized carbons (Fsp3) is 0.765. The number of nitrogens with zero attached hydrogens (tertiary/aromatic N) is 3. The molecule has 5 nitrogen and oxygen atoms in total. The summed E-state index contributed by atoms with van der Waals surface area (Å²) in [5.74, 6) is 0.244. The normalized spacial score (nSPS) is 28.1. The van der Waals surface area contributed by atoms with Crippen LogP contribution in [0.2, 0.25) is 0 Å². The molecule has 0 bridgehead atoms. The summed E-state index contributed by atoms with van der Waals surface area (Å²) in [4.78, 5) is 19.2. The SMILES string of the molecule is O=C(Cn1cnc2c1CCCC2)N1CCC2(CCCOC2)C1. The summed E-state index contributed by atoms with van der Waals surface area (Å²) in [7, 11) is 0. The van der Waals surface area contributed by atoms with Gasteiger partial charge in [-0.3, -0.25) is 4.79 Å². The molecule has 0 saturated carbocycles. The van der Waals surface area contributed by atoms with Crippen molar-refractivity contribution in [3.05, 3.63) is 17.7 Å². The monoisotopic (exact) mass is 303 g/mol. The third-order valence-corrected chi connectivity index (χ3v) is 5.61. The molecule has 1 unspecified atom stereocenters. The van der Waals surface area contributed by atoms with Crippen LogP contribution in [0.15, 0.2) is 6.33 Å². The lowest BCUT2D eigenvalue weighted by molar-refractivity contribution is -0.131. The highest BCUT2D eigenvalue weighted by atomic mass is 16.5. The van der Waals surface area contributed by atoms with Gasteiger partial charge in [0.2, 0.25) is 5.91 Å². The van der Waals surface area contributed by atoms with Crippen molar-refractivity contribution in [3.63, 3.8) is 0 Å². The number of aryl methyl sites for hydroxylation is 1. The number of fused-ring (bicyclic) bond motifs is 1. The average molecular weight is 303 g/mol. The van der Waals surface area contributed by atoms with E-state index in [1.807, 2.05) is 11.2 Å². The van der Waals surface area contributed by atoms with Gasteiger partial charge in [-0.15, -0.1) is 0 Å². The largest absolute Gasteiger partial charge is 0.381 e. The molecule has 2 aliphatic heterocycles. The second-order valence-electron chi connectivity index (χ2n) is 7.19. The molecular weight excluding hydrogens is 278 g/mol. The van der Waals surface area contributed by atoms with Gasteiger partial charge in [0, 0.05) is 30.8 Å². The molecule has 1 aromatic heterocycles. The van der Waals surface area contributed by atoms with E-state index in [1.54, 1.807) is 0 Å². The van der Waals surface area contributed by atoms with E-state index in [4.69, 9.17) is 4.74 Å². The zero-order chi connectivity index (χ0) is 15.0. The molecule has 5 heteroatoms. The highest BCUT2D eigenvalue weighted by Crippen LogP contribution is 2.38. The van der Waals surface area contributed by atoms with Crippen molar-refractivity contribution in [2.24, 2.45) is 5.41 Å². The molecule has 1 atom stereocenters. The third kappa shape index (κ3) is 2.56. The summed E-state index contributed by atoms with van der Waals surface area (Å²) in [6.07, 6.45) is 9.89. The van der Waals surface area contributed by atoms with Gasteiger partial charge in [-0.05, 0) is 44.9 Å². The molecule has 1 amide bonds. The van der Waals surface area contributed by atoms with Gasteiger partial charge in [0.05, 0.1) is 18.6 Å². The molecule has 2 saturated heterocycles. The van der Waals surface area contributed by atoms with Gasteiger partial charge in [0.1, 0.15) is 6.54 Å². The van der Waals surface area contributed by atoms with Gasteiger partial charge in [0.25, 0.3) is 0 Å². The van der Waals surface area contributed by atoms with Crippen molar-refractivity contribution in [2.45, 2.75) is 51.5 Å². The maximum absolute atomic E-state index is 12.7. The maximum atomic E-state index is 12.7. The number of carbonyl (C=O) groups is 1. The van der Waals surface area contributed by atoms with Crippen molar-refractivity contribution in [2.75, 3.05) is 26.3 Å². The first-order valence-electron chi connectivity index (χ1n) is 8.64. The van der Waals surface area contributed by atoms with E-state index in [0.717, 1.165) is 52.0 Å². The van der Waals surface area contributed by atoms with Gasteiger partial charge in [-0.25, -0.2) is 4.98 Å². The fourth-order valence-electron chi connectivity index (χ4n) is 4.29. The smallest absolute Gasteiger partial charge is 0.242 e. The minimum atomic E-state index is 0.238. The summed E-state index contributed by atoms with van der Waals surface area (Å²) in [6.45, 7) is 3.94. The van der Waals surface area contributed by atoms with E-state index in [2.05, 4.69) is 9.55 Å². The van der Waals surface area contributed by atoms with Crippen molar-refractivity contribution in [1.29, 1.82) is 0 Å². The highest BCUT2D eigenvalue weighted by Gasteiger charge is 2.41. The number of rotatable bonds is 2. The average Bonchev–Trinajstić information content (AvgIpc) is 3.14. The van der Waals surface area contributed by atoms with Crippen molar-refractivity contribution >= 4 is 5.91 Å². The third-order valence-electron chi connectivity index (χ3n) is 5.61. The van der Waals surface area contributed by atoms with Crippen molar-refractivity contribution < 1.29 is 9.53 Å². The lowest BCUT2D eigenvalue weighted by Gasteiger charge is -2.33. The number of aromatic nitrogens is 2. The van der Waals surface area contributed by atoms with Crippen LogP contribution in [0, 0.1) is 5.41 Å². The van der Waals surface area contributed by atoms with Gasteiger partial charge >= 0.3 is 0 Å². The Hall–Kier alpha value is -1.36. The lowest BCUT2D eigenvalue weighted by Crippen LogP contribution is -2.38. The lowest BCUT2D eigenvalue weighted by atomic mass is 9.82. The molecule has 1 spiro atoms. The van der Waals surface area contributed by atoms with Crippen LogP contribution in [0.4, 0.5) is 0 Å². The number of imidazole rings is 1. The van der Waals surface area contributed by atoms with E-state index >= 15 is 0 Å². The fourth-order valence-corrected chi connectivity index (χ4v) is 4.29. The molecule has 0 radical (unpaired) electrons. The number of ether oxygens (including phenoxy) is 1. The second kappa shape index (κ2) is 5.69. The van der Waals surface area contributed by atoms with Crippen LogP contribution in [0.3, 0.4) is 0 Å². The standard InChI is InChI=1S/C17H25N3O2/c21-16(10-20-13-18-14-4-1-2-5-15(14)20)19-8-7-17(11-19)6-3-9-22-12-17/h13H,1-12H2. The van der Waals surface area contributed by atoms with Crippen LogP contribution in [-0.2, 0) is 28.9 Å². The van der Waals surface area contributed by atoms with E-state index < -0.39 is 0 Å². The first kappa shape index (κ1) is 14.2. The van der Waals surface area contributed by atoms with Gasteiger partial charge < -0.3 is 14.2 Å². The topological polar surface area (TPSA) is 47.4 Å². The zero-order valence-corrected chi connectivity index (χ0v) is 13.2. The van der Waals surface area contributed by atoms with Gasteiger partial charge in [0.15, 0.2) is 0 Å². The molecule has 22 heavy (non-hydrogen) atoms. The van der Waals surface area contributed by atoms with Gasteiger partial charge in [-0.1, -0.05) is 0 Å². The molecule has 4 rings (SSSR count). The Bertz CT molecular complexity index is 560. The number of likely N-dealkylation sites (tertiary alicyclic amines) is 1. The van der Waals surface area contributed by atoms with Crippen LogP contribution in [0.1, 0.15) is 43.5 Å². The Morgan fingerprint density at radius 2 is 2.18 bits per heavy atom. The maximum Gasteiger partial charge on any atom is 0.242 e. The molecule has 120 valence electrons. The molecule has 1 aliphatic carbocycles. The summed E-state index contributed by atoms with van der Waals surface area (Å²) >= 11 is 0. The molecular formula is C17H25N3O2. The molecule has 2 fully saturated rings. The summed E-state index contributed by atoms with van der Waals surface area (Å²) in [5.41, 5.74) is 2.73. The Kier molecular flexibility index (Phi) is 3.68. The predicted molar refractivity (Wildman–Crippen MR) is 82.6 cm³/mol. The number of hydrogen-bond donors (Lipinski definition) is 0. The summed E-state index contributed by atoms with van der Waals surface area (Å²) in [6, 6.07) is 0. The Labute approximate surface area is 131 Å². The number of hydrogen-bond acceptors (Lipinski definition) is 3. The van der Waals surface area contributed by atoms with Crippen LogP contribution in [0.25, 0.3) is 0 Å². The molecule has 3 aliphatic rings. The van der Waals surface area contributed by atoms with E-state index in [-0.39, 0.29) is 11.3 Å². The Balaban J connectivity index is 1.41. The molecule has 0 aromatic carbocycles. The molecule has 0 N–H and O–H groups in total. The van der Waals surface area contributed by atoms with Crippen LogP contribution in [0.5, 0.6) is 0 Å².